The maximum absolute atomic E-state index is 4.60. The number of aromatic nitrogens is 6. The molecule has 8 rings (SSSR count). The van der Waals surface area contributed by atoms with Crippen LogP contribution in [0.2, 0.25) is 0 Å². The molecule has 0 fully saturated rings. The van der Waals surface area contributed by atoms with Gasteiger partial charge in [0.2, 0.25) is 0 Å². The van der Waals surface area contributed by atoms with E-state index in [2.05, 4.69) is 115 Å². The van der Waals surface area contributed by atoms with E-state index in [1.54, 1.807) is 35.9 Å². The highest BCUT2D eigenvalue weighted by Crippen LogP contribution is 2.39. The van der Waals surface area contributed by atoms with E-state index >= 15 is 0 Å². The zero-order valence-corrected chi connectivity index (χ0v) is 25.5. The van der Waals surface area contributed by atoms with Gasteiger partial charge in [0.05, 0.1) is 34.8 Å². The first kappa shape index (κ1) is 27.3. The van der Waals surface area contributed by atoms with Crippen LogP contribution < -0.4 is 0 Å². The maximum atomic E-state index is 4.60. The van der Waals surface area contributed by atoms with E-state index in [1.165, 1.54) is 0 Å². The molecule has 8 heteroatoms. The van der Waals surface area contributed by atoms with Gasteiger partial charge < -0.3 is 0 Å². The highest BCUT2D eigenvalue weighted by molar-refractivity contribution is 7.99. The van der Waals surface area contributed by atoms with E-state index in [0.717, 1.165) is 63.9 Å². The molecule has 0 spiro atoms. The van der Waals surface area contributed by atoms with Crippen LogP contribution in [0.15, 0.2) is 166 Å². The second-order valence-electron chi connectivity index (χ2n) is 10.3. The van der Waals surface area contributed by atoms with Gasteiger partial charge in [0.25, 0.3) is 5.95 Å². The molecule has 0 radical (unpaired) electrons. The standard InChI is InChI=1S/C37H24N6S2/c1-3-17-38-33(11-1)25-7-5-9-27(21-25)44-29-13-15-31-32-16-14-30(24-36(32)43(35(31)23-29)37-40-19-20-41-42-37)45-28-10-6-8-26(22-28)34-12-2-4-18-39-34/h1-24H. The van der Waals surface area contributed by atoms with Gasteiger partial charge in [-0.3, -0.25) is 14.5 Å². The van der Waals surface area contributed by atoms with Crippen LogP contribution in [0.1, 0.15) is 0 Å². The fraction of sp³-hybridized carbons (Fsp3) is 0. The molecule has 0 aliphatic heterocycles. The highest BCUT2D eigenvalue weighted by atomic mass is 32.2. The molecule has 4 aromatic carbocycles. The lowest BCUT2D eigenvalue weighted by molar-refractivity contribution is 0.887. The Morgan fingerprint density at radius 2 is 1.00 bits per heavy atom. The number of rotatable bonds is 7. The Morgan fingerprint density at radius 1 is 0.444 bits per heavy atom. The number of benzene rings is 4. The van der Waals surface area contributed by atoms with Gasteiger partial charge in [-0.25, -0.2) is 4.98 Å². The van der Waals surface area contributed by atoms with Gasteiger partial charge >= 0.3 is 0 Å². The van der Waals surface area contributed by atoms with Crippen molar-refractivity contribution in [2.75, 3.05) is 0 Å². The summed E-state index contributed by atoms with van der Waals surface area (Å²) in [6.07, 6.45) is 6.93. The molecule has 0 saturated heterocycles. The monoisotopic (exact) mass is 616 g/mol. The first-order valence-corrected chi connectivity index (χ1v) is 16.0. The minimum Gasteiger partial charge on any atom is -0.277 e. The average Bonchev–Trinajstić information content (AvgIpc) is 3.42. The molecule has 0 N–H and O–H groups in total. The van der Waals surface area contributed by atoms with E-state index in [9.17, 15) is 0 Å². The second-order valence-corrected chi connectivity index (χ2v) is 12.6. The first-order chi connectivity index (χ1) is 22.3. The lowest BCUT2D eigenvalue weighted by Crippen LogP contribution is -2.01. The van der Waals surface area contributed by atoms with Crippen molar-refractivity contribution >= 4 is 45.3 Å². The van der Waals surface area contributed by atoms with Crippen molar-refractivity contribution in [1.82, 2.24) is 29.7 Å². The van der Waals surface area contributed by atoms with Crippen LogP contribution in [0.25, 0.3) is 50.3 Å². The number of pyridine rings is 2. The summed E-state index contributed by atoms with van der Waals surface area (Å²) < 4.78 is 2.11. The Hall–Kier alpha value is -5.31. The molecule has 0 unspecified atom stereocenters. The van der Waals surface area contributed by atoms with E-state index in [0.29, 0.717) is 5.95 Å². The minimum absolute atomic E-state index is 0.538. The number of nitrogens with zero attached hydrogens (tertiary/aromatic N) is 6. The van der Waals surface area contributed by atoms with Crippen LogP contribution in [-0.2, 0) is 0 Å². The molecule has 0 bridgehead atoms. The normalized spacial score (nSPS) is 11.3. The number of fused-ring (bicyclic) bond motifs is 3. The quantitative estimate of drug-likeness (QED) is 0.177. The number of hydrogen-bond acceptors (Lipinski definition) is 7. The molecule has 8 aromatic rings. The van der Waals surface area contributed by atoms with Gasteiger partial charge in [-0.1, -0.05) is 72.1 Å². The molecule has 4 aromatic heterocycles. The third-order valence-corrected chi connectivity index (χ3v) is 9.40. The van der Waals surface area contributed by atoms with Gasteiger partial charge in [0.15, 0.2) is 0 Å². The van der Waals surface area contributed by atoms with Crippen molar-refractivity contribution in [3.63, 3.8) is 0 Å². The highest BCUT2D eigenvalue weighted by Gasteiger charge is 2.16. The van der Waals surface area contributed by atoms with Crippen LogP contribution in [0.4, 0.5) is 0 Å². The Balaban J connectivity index is 1.19. The summed E-state index contributed by atoms with van der Waals surface area (Å²) in [5, 5.41) is 10.8. The fourth-order valence-electron chi connectivity index (χ4n) is 5.44. The molecule has 0 aliphatic rings. The zero-order valence-electron chi connectivity index (χ0n) is 23.9. The molecule has 0 atom stereocenters. The van der Waals surface area contributed by atoms with Gasteiger partial charge in [-0.05, 0) is 72.8 Å². The lowest BCUT2D eigenvalue weighted by Gasteiger charge is -2.08. The molecule has 0 amide bonds. The van der Waals surface area contributed by atoms with Crippen molar-refractivity contribution < 1.29 is 0 Å². The van der Waals surface area contributed by atoms with Gasteiger partial charge in [-0.2, -0.15) is 5.10 Å². The Kier molecular flexibility index (Phi) is 7.26. The third kappa shape index (κ3) is 5.57. The molecular weight excluding hydrogens is 593 g/mol. The summed E-state index contributed by atoms with van der Waals surface area (Å²) in [5.74, 6) is 0.538. The molecule has 0 saturated carbocycles. The minimum atomic E-state index is 0.538. The first-order valence-electron chi connectivity index (χ1n) is 14.4. The Morgan fingerprint density at radius 3 is 1.49 bits per heavy atom. The molecular formula is C37H24N6S2. The average molecular weight is 617 g/mol. The third-order valence-electron chi connectivity index (χ3n) is 7.44. The molecule has 0 aliphatic carbocycles. The van der Waals surface area contributed by atoms with E-state index < -0.39 is 0 Å². The van der Waals surface area contributed by atoms with Crippen LogP contribution in [-0.4, -0.2) is 29.7 Å². The van der Waals surface area contributed by atoms with Crippen molar-refractivity contribution in [2.24, 2.45) is 0 Å². The largest absolute Gasteiger partial charge is 0.277 e. The summed E-state index contributed by atoms with van der Waals surface area (Å²) in [6.45, 7) is 0. The van der Waals surface area contributed by atoms with Crippen molar-refractivity contribution in [3.8, 4) is 28.5 Å². The van der Waals surface area contributed by atoms with Crippen LogP contribution >= 0.6 is 23.5 Å². The molecule has 45 heavy (non-hydrogen) atoms. The number of hydrogen-bond donors (Lipinski definition) is 0. The predicted octanol–water partition coefficient (Wildman–Crippen LogP) is 9.40. The van der Waals surface area contributed by atoms with Crippen molar-refractivity contribution in [2.45, 2.75) is 19.6 Å². The summed E-state index contributed by atoms with van der Waals surface area (Å²) in [5.41, 5.74) is 6.17. The summed E-state index contributed by atoms with van der Waals surface area (Å²) >= 11 is 3.45. The molecule has 214 valence electrons. The fourth-order valence-corrected chi connectivity index (χ4v) is 7.26. The van der Waals surface area contributed by atoms with E-state index in [1.807, 2.05) is 48.8 Å². The maximum Gasteiger partial charge on any atom is 0.254 e. The van der Waals surface area contributed by atoms with Crippen molar-refractivity contribution in [3.05, 3.63) is 146 Å². The predicted molar refractivity (Wildman–Crippen MR) is 182 cm³/mol. The van der Waals surface area contributed by atoms with Gasteiger partial charge in [-0.15, -0.1) is 5.10 Å². The van der Waals surface area contributed by atoms with Crippen molar-refractivity contribution in [1.29, 1.82) is 0 Å². The van der Waals surface area contributed by atoms with Gasteiger partial charge in [0, 0.05) is 53.9 Å². The van der Waals surface area contributed by atoms with Crippen LogP contribution in [0.3, 0.4) is 0 Å². The smallest absolute Gasteiger partial charge is 0.254 e. The van der Waals surface area contributed by atoms with Crippen LogP contribution in [0.5, 0.6) is 0 Å². The summed E-state index contributed by atoms with van der Waals surface area (Å²) in [6, 6.07) is 42.1. The zero-order chi connectivity index (χ0) is 30.0. The summed E-state index contributed by atoms with van der Waals surface area (Å²) in [7, 11) is 0. The Labute approximate surface area is 268 Å². The molecule has 6 nitrogen and oxygen atoms in total. The van der Waals surface area contributed by atoms with Crippen LogP contribution in [0, 0.1) is 0 Å². The second kappa shape index (κ2) is 12.0. The van der Waals surface area contributed by atoms with E-state index in [4.69, 9.17) is 0 Å². The van der Waals surface area contributed by atoms with E-state index in [-0.39, 0.29) is 0 Å². The molecule has 4 heterocycles. The van der Waals surface area contributed by atoms with Gasteiger partial charge in [0.1, 0.15) is 0 Å². The Bertz CT molecular complexity index is 2130. The lowest BCUT2D eigenvalue weighted by atomic mass is 10.1. The summed E-state index contributed by atoms with van der Waals surface area (Å²) in [4.78, 5) is 18.2. The topological polar surface area (TPSA) is 69.4 Å². The SMILES string of the molecule is c1ccc(-c2cccc(Sc3ccc4c5ccc(Sc6cccc(-c7ccccn7)c6)cc5n(-c5nccnn5)c4c3)c2)nc1.